The van der Waals surface area contributed by atoms with Crippen LogP contribution in [0.1, 0.15) is 47.1 Å². The van der Waals surface area contributed by atoms with Crippen LogP contribution in [0.4, 0.5) is 0 Å². The van der Waals surface area contributed by atoms with Crippen LogP contribution in [0, 0.1) is 0 Å². The van der Waals surface area contributed by atoms with E-state index < -0.39 is 15.6 Å². The van der Waals surface area contributed by atoms with E-state index in [0.29, 0.717) is 17.0 Å². The third-order valence-electron chi connectivity index (χ3n) is 4.16. The Morgan fingerprint density at radius 2 is 1.96 bits per heavy atom. The Kier molecular flexibility index (Phi) is 7.44. The van der Waals surface area contributed by atoms with Crippen LogP contribution in [0.2, 0.25) is 0 Å². The first-order chi connectivity index (χ1) is 12.9. The molecular weight excluding hydrogens is 392 g/mol. The number of thioether (sulfide) groups is 1. The van der Waals surface area contributed by atoms with E-state index in [1.807, 2.05) is 51.6 Å². The Morgan fingerprint density at radius 3 is 2.57 bits per heavy atom. The van der Waals surface area contributed by atoms with Crippen LogP contribution in [0.15, 0.2) is 34.2 Å². The van der Waals surface area contributed by atoms with Gasteiger partial charge in [-0.1, -0.05) is 18.2 Å². The SMILES string of the molecule is CCNC(=NCc1ccccc1S(=O)(=O)NC(C)(C)C)N1CCSC(C)(C)C1. The van der Waals surface area contributed by atoms with Crippen molar-refractivity contribution in [2.75, 3.05) is 25.4 Å². The molecule has 1 aromatic rings. The van der Waals surface area contributed by atoms with Crippen molar-refractivity contribution in [3.05, 3.63) is 29.8 Å². The van der Waals surface area contributed by atoms with Crippen molar-refractivity contribution < 1.29 is 8.42 Å². The summed E-state index contributed by atoms with van der Waals surface area (Å²) in [5, 5.41) is 3.36. The minimum atomic E-state index is -3.61. The van der Waals surface area contributed by atoms with Gasteiger partial charge in [-0.2, -0.15) is 11.8 Å². The Balaban J connectivity index is 2.28. The maximum absolute atomic E-state index is 12.8. The van der Waals surface area contributed by atoms with Gasteiger partial charge in [0.2, 0.25) is 10.0 Å². The summed E-state index contributed by atoms with van der Waals surface area (Å²) in [4.78, 5) is 7.33. The summed E-state index contributed by atoms with van der Waals surface area (Å²) in [6.07, 6.45) is 0. The lowest BCUT2D eigenvalue weighted by molar-refractivity contribution is 0.375. The van der Waals surface area contributed by atoms with E-state index in [0.717, 1.165) is 31.3 Å². The number of hydrogen-bond acceptors (Lipinski definition) is 4. The average Bonchev–Trinajstić information content (AvgIpc) is 2.56. The van der Waals surface area contributed by atoms with E-state index in [2.05, 4.69) is 28.8 Å². The second kappa shape index (κ2) is 9.05. The lowest BCUT2D eigenvalue weighted by Crippen LogP contribution is -2.50. The van der Waals surface area contributed by atoms with Gasteiger partial charge in [0.25, 0.3) is 0 Å². The molecule has 0 bridgehead atoms. The summed E-state index contributed by atoms with van der Waals surface area (Å²) in [5.74, 6) is 1.89. The summed E-state index contributed by atoms with van der Waals surface area (Å²) in [6.45, 7) is 15.0. The molecule has 0 unspecified atom stereocenters. The van der Waals surface area contributed by atoms with Crippen LogP contribution in [-0.4, -0.2) is 55.0 Å². The van der Waals surface area contributed by atoms with E-state index in [-0.39, 0.29) is 4.75 Å². The number of nitrogens with zero attached hydrogens (tertiary/aromatic N) is 2. The van der Waals surface area contributed by atoms with Crippen molar-refractivity contribution in [1.82, 2.24) is 14.9 Å². The molecule has 8 heteroatoms. The number of rotatable bonds is 5. The molecule has 0 spiro atoms. The van der Waals surface area contributed by atoms with Crippen LogP contribution in [0.3, 0.4) is 0 Å². The lowest BCUT2D eigenvalue weighted by atomic mass is 10.1. The fraction of sp³-hybridized carbons (Fsp3) is 0.650. The Labute approximate surface area is 174 Å². The molecule has 6 nitrogen and oxygen atoms in total. The highest BCUT2D eigenvalue weighted by molar-refractivity contribution is 8.00. The largest absolute Gasteiger partial charge is 0.357 e. The molecule has 1 aromatic carbocycles. The van der Waals surface area contributed by atoms with Gasteiger partial charge in [-0.25, -0.2) is 18.1 Å². The molecule has 1 fully saturated rings. The standard InChI is InChI=1S/C20H34N4O2S2/c1-7-21-18(24-12-13-27-20(5,6)15-24)22-14-16-10-8-9-11-17(16)28(25,26)23-19(2,3)4/h8-11,23H,7,12-15H2,1-6H3,(H,21,22). The van der Waals surface area contributed by atoms with E-state index in [9.17, 15) is 8.42 Å². The molecule has 28 heavy (non-hydrogen) atoms. The molecule has 0 aromatic heterocycles. The van der Waals surface area contributed by atoms with Gasteiger partial charge in [-0.3, -0.25) is 0 Å². The summed E-state index contributed by atoms with van der Waals surface area (Å²) in [6, 6.07) is 7.08. The summed E-state index contributed by atoms with van der Waals surface area (Å²) in [5.41, 5.74) is 0.154. The molecule has 1 aliphatic rings. The van der Waals surface area contributed by atoms with Crippen LogP contribution in [0.25, 0.3) is 0 Å². The molecule has 158 valence electrons. The lowest BCUT2D eigenvalue weighted by Gasteiger charge is -2.39. The molecule has 0 saturated carbocycles. The number of guanidine groups is 1. The average molecular weight is 427 g/mol. The number of aliphatic imine (C=N–C) groups is 1. The van der Waals surface area contributed by atoms with Gasteiger partial charge < -0.3 is 10.2 Å². The third kappa shape index (κ3) is 6.67. The molecule has 1 aliphatic heterocycles. The molecule has 1 heterocycles. The van der Waals surface area contributed by atoms with Crippen LogP contribution in [0.5, 0.6) is 0 Å². The minimum Gasteiger partial charge on any atom is -0.357 e. The molecule has 0 aliphatic carbocycles. The van der Waals surface area contributed by atoms with Gasteiger partial charge in [0.1, 0.15) is 0 Å². The van der Waals surface area contributed by atoms with Gasteiger partial charge in [-0.15, -0.1) is 0 Å². The molecule has 2 rings (SSSR count). The van der Waals surface area contributed by atoms with E-state index in [1.54, 1.807) is 12.1 Å². The molecule has 1 saturated heterocycles. The molecular formula is C20H34N4O2S2. The summed E-state index contributed by atoms with van der Waals surface area (Å²) in [7, 11) is -3.61. The zero-order valence-corrected chi connectivity index (χ0v) is 19.5. The quantitative estimate of drug-likeness (QED) is 0.559. The zero-order valence-electron chi connectivity index (χ0n) is 17.9. The van der Waals surface area contributed by atoms with Crippen LogP contribution >= 0.6 is 11.8 Å². The number of benzene rings is 1. The predicted molar refractivity (Wildman–Crippen MR) is 119 cm³/mol. The monoisotopic (exact) mass is 426 g/mol. The van der Waals surface area contributed by atoms with Crippen molar-refractivity contribution in [2.24, 2.45) is 4.99 Å². The minimum absolute atomic E-state index is 0.173. The van der Waals surface area contributed by atoms with Gasteiger partial charge in [0.15, 0.2) is 5.96 Å². The highest BCUT2D eigenvalue weighted by Gasteiger charge is 2.29. The maximum atomic E-state index is 12.8. The third-order valence-corrected chi connectivity index (χ3v) is 7.32. The normalized spacial score (nSPS) is 18.2. The fourth-order valence-corrected chi connectivity index (χ4v) is 5.90. The maximum Gasteiger partial charge on any atom is 0.241 e. The van der Waals surface area contributed by atoms with Gasteiger partial charge >= 0.3 is 0 Å². The van der Waals surface area contributed by atoms with E-state index in [4.69, 9.17) is 4.99 Å². The van der Waals surface area contributed by atoms with E-state index >= 15 is 0 Å². The van der Waals surface area contributed by atoms with Gasteiger partial charge in [-0.05, 0) is 53.2 Å². The first-order valence-electron chi connectivity index (χ1n) is 9.73. The molecule has 0 radical (unpaired) electrons. The molecule has 2 N–H and O–H groups in total. The van der Waals surface area contributed by atoms with Crippen LogP contribution < -0.4 is 10.0 Å². The topological polar surface area (TPSA) is 73.8 Å². The highest BCUT2D eigenvalue weighted by atomic mass is 32.2. The van der Waals surface area contributed by atoms with Crippen LogP contribution in [-0.2, 0) is 16.6 Å². The second-order valence-corrected chi connectivity index (χ2v) is 12.1. The van der Waals surface area contributed by atoms with Crippen molar-refractivity contribution in [3.8, 4) is 0 Å². The summed E-state index contributed by atoms with van der Waals surface area (Å²) >= 11 is 1.97. The zero-order chi connectivity index (χ0) is 21.0. The number of hydrogen-bond donors (Lipinski definition) is 2. The van der Waals surface area contributed by atoms with Gasteiger partial charge in [0, 0.05) is 35.7 Å². The van der Waals surface area contributed by atoms with Gasteiger partial charge in [0.05, 0.1) is 11.4 Å². The van der Waals surface area contributed by atoms with Crippen molar-refractivity contribution in [1.29, 1.82) is 0 Å². The Morgan fingerprint density at radius 1 is 1.29 bits per heavy atom. The molecule has 0 amide bonds. The summed E-state index contributed by atoms with van der Waals surface area (Å²) < 4.78 is 28.6. The number of nitrogens with one attached hydrogen (secondary N) is 2. The van der Waals surface area contributed by atoms with E-state index in [1.165, 1.54) is 0 Å². The van der Waals surface area contributed by atoms with Crippen molar-refractivity contribution in [3.63, 3.8) is 0 Å². The second-order valence-electron chi connectivity index (χ2n) is 8.66. The smallest absolute Gasteiger partial charge is 0.241 e. The van der Waals surface area contributed by atoms with Crippen molar-refractivity contribution >= 4 is 27.7 Å². The first kappa shape index (κ1) is 23.0. The van der Waals surface area contributed by atoms with Crippen molar-refractivity contribution in [2.45, 2.75) is 63.3 Å². The fourth-order valence-electron chi connectivity index (χ4n) is 3.14. The Hall–Kier alpha value is -1.25. The predicted octanol–water partition coefficient (Wildman–Crippen LogP) is 3.06. The first-order valence-corrected chi connectivity index (χ1v) is 12.2. The number of sulfonamides is 1. The highest BCUT2D eigenvalue weighted by Crippen LogP contribution is 2.29. The Bertz CT molecular complexity index is 799. The molecule has 0 atom stereocenters.